The molecule has 0 radical (unpaired) electrons. The Bertz CT molecular complexity index is 372. The van der Waals surface area contributed by atoms with Crippen LogP contribution in [0.15, 0.2) is 18.2 Å². The number of aryl methyl sites for hydroxylation is 1. The van der Waals surface area contributed by atoms with Gasteiger partial charge >= 0.3 is 0 Å². The fraction of sp³-hybridized carbons (Fsp3) is 0.706. The van der Waals surface area contributed by atoms with Gasteiger partial charge in [0.25, 0.3) is 0 Å². The Balaban J connectivity index is 1.74. The van der Waals surface area contributed by atoms with Gasteiger partial charge in [0.15, 0.2) is 0 Å². The van der Waals surface area contributed by atoms with Crippen LogP contribution in [0.3, 0.4) is 0 Å². The zero-order valence-corrected chi connectivity index (χ0v) is 12.9. The summed E-state index contributed by atoms with van der Waals surface area (Å²) in [6.45, 7) is 6.57. The van der Waals surface area contributed by atoms with Gasteiger partial charge in [-0.3, -0.25) is 0 Å². The van der Waals surface area contributed by atoms with Gasteiger partial charge in [-0.25, -0.2) is 4.98 Å². The van der Waals surface area contributed by atoms with E-state index in [4.69, 9.17) is 4.98 Å². The van der Waals surface area contributed by atoms with Gasteiger partial charge in [-0.15, -0.1) is 0 Å². The van der Waals surface area contributed by atoms with Crippen molar-refractivity contribution in [3.8, 4) is 0 Å². The molecule has 112 valence electrons. The van der Waals surface area contributed by atoms with E-state index in [2.05, 4.69) is 35.3 Å². The van der Waals surface area contributed by atoms with E-state index in [0.717, 1.165) is 38.4 Å². The number of unbranched alkanes of at least 4 members (excludes halogenated alkanes) is 5. The van der Waals surface area contributed by atoms with Crippen LogP contribution in [0.25, 0.3) is 0 Å². The highest BCUT2D eigenvalue weighted by Crippen LogP contribution is 2.14. The van der Waals surface area contributed by atoms with Crippen molar-refractivity contribution in [1.29, 1.82) is 0 Å². The van der Waals surface area contributed by atoms with Gasteiger partial charge in [-0.2, -0.15) is 0 Å². The van der Waals surface area contributed by atoms with E-state index in [-0.39, 0.29) is 0 Å². The summed E-state index contributed by atoms with van der Waals surface area (Å²) in [6.07, 6.45) is 9.24. The van der Waals surface area contributed by atoms with Crippen LogP contribution >= 0.6 is 0 Å². The maximum Gasteiger partial charge on any atom is 0.128 e. The summed E-state index contributed by atoms with van der Waals surface area (Å²) in [5, 5.41) is 3.39. The van der Waals surface area contributed by atoms with Crippen LogP contribution in [0.5, 0.6) is 0 Å². The molecular weight excluding hydrogens is 246 g/mol. The van der Waals surface area contributed by atoms with Crippen molar-refractivity contribution >= 4 is 5.82 Å². The molecule has 0 amide bonds. The van der Waals surface area contributed by atoms with Crippen molar-refractivity contribution in [3.63, 3.8) is 0 Å². The average Bonchev–Trinajstić information content (AvgIpc) is 2.52. The van der Waals surface area contributed by atoms with Gasteiger partial charge in [0, 0.05) is 31.9 Å². The molecule has 1 aliphatic rings. The summed E-state index contributed by atoms with van der Waals surface area (Å²) in [6, 6.07) is 6.49. The largest absolute Gasteiger partial charge is 0.354 e. The standard InChI is InChI=1S/C17H29N3/c1-2-3-4-5-6-7-9-16-10-8-11-17(19-16)20-14-12-18-13-15-20/h8,10-11,18H,2-7,9,12-15H2,1H3. The van der Waals surface area contributed by atoms with Gasteiger partial charge in [0.05, 0.1) is 0 Å². The van der Waals surface area contributed by atoms with Crippen LogP contribution in [0.4, 0.5) is 5.82 Å². The van der Waals surface area contributed by atoms with E-state index >= 15 is 0 Å². The summed E-state index contributed by atoms with van der Waals surface area (Å²) < 4.78 is 0. The third-order valence-corrected chi connectivity index (χ3v) is 4.02. The zero-order valence-electron chi connectivity index (χ0n) is 12.9. The normalized spacial score (nSPS) is 15.6. The summed E-state index contributed by atoms with van der Waals surface area (Å²) in [5.74, 6) is 1.16. The lowest BCUT2D eigenvalue weighted by atomic mass is 10.1. The van der Waals surface area contributed by atoms with Crippen molar-refractivity contribution in [1.82, 2.24) is 10.3 Å². The number of hydrogen-bond donors (Lipinski definition) is 1. The fourth-order valence-electron chi connectivity index (χ4n) is 2.76. The minimum absolute atomic E-state index is 1.07. The zero-order chi connectivity index (χ0) is 14.0. The number of nitrogens with one attached hydrogen (secondary N) is 1. The lowest BCUT2D eigenvalue weighted by Crippen LogP contribution is -2.43. The van der Waals surface area contributed by atoms with Crippen LogP contribution in [-0.4, -0.2) is 31.2 Å². The summed E-state index contributed by atoms with van der Waals surface area (Å²) in [7, 11) is 0. The number of aromatic nitrogens is 1. The predicted molar refractivity (Wildman–Crippen MR) is 86.4 cm³/mol. The Morgan fingerprint density at radius 1 is 1.05 bits per heavy atom. The van der Waals surface area contributed by atoms with Crippen molar-refractivity contribution in [2.75, 3.05) is 31.1 Å². The molecule has 0 bridgehead atoms. The van der Waals surface area contributed by atoms with E-state index in [1.165, 1.54) is 44.2 Å². The lowest BCUT2D eigenvalue weighted by Gasteiger charge is -2.28. The lowest BCUT2D eigenvalue weighted by molar-refractivity contribution is 0.582. The first-order valence-corrected chi connectivity index (χ1v) is 8.32. The molecule has 2 rings (SSSR count). The smallest absolute Gasteiger partial charge is 0.128 e. The maximum absolute atomic E-state index is 4.83. The van der Waals surface area contributed by atoms with Crippen molar-refractivity contribution in [2.24, 2.45) is 0 Å². The van der Waals surface area contributed by atoms with Crippen molar-refractivity contribution in [3.05, 3.63) is 23.9 Å². The number of rotatable bonds is 8. The highest BCUT2D eigenvalue weighted by molar-refractivity contribution is 5.39. The molecule has 1 aliphatic heterocycles. The highest BCUT2D eigenvalue weighted by Gasteiger charge is 2.11. The highest BCUT2D eigenvalue weighted by atomic mass is 15.2. The number of nitrogens with zero attached hydrogens (tertiary/aromatic N) is 2. The summed E-state index contributed by atoms with van der Waals surface area (Å²) in [4.78, 5) is 7.22. The van der Waals surface area contributed by atoms with Crippen molar-refractivity contribution in [2.45, 2.75) is 51.9 Å². The van der Waals surface area contributed by atoms with E-state index in [0.29, 0.717) is 0 Å². The van der Waals surface area contributed by atoms with Crippen LogP contribution in [0, 0.1) is 0 Å². The van der Waals surface area contributed by atoms with Gasteiger partial charge < -0.3 is 10.2 Å². The fourth-order valence-corrected chi connectivity index (χ4v) is 2.76. The summed E-state index contributed by atoms with van der Waals surface area (Å²) >= 11 is 0. The molecule has 0 spiro atoms. The number of piperazine rings is 1. The molecule has 3 heteroatoms. The Morgan fingerprint density at radius 3 is 2.60 bits per heavy atom. The molecule has 0 unspecified atom stereocenters. The number of pyridine rings is 1. The quantitative estimate of drug-likeness (QED) is 0.737. The van der Waals surface area contributed by atoms with Crippen LogP contribution < -0.4 is 10.2 Å². The molecule has 1 saturated heterocycles. The predicted octanol–water partition coefficient (Wildman–Crippen LogP) is 3.39. The molecule has 1 N–H and O–H groups in total. The van der Waals surface area contributed by atoms with Crippen LogP contribution in [0.2, 0.25) is 0 Å². The molecule has 20 heavy (non-hydrogen) atoms. The topological polar surface area (TPSA) is 28.2 Å². The van der Waals surface area contributed by atoms with Gasteiger partial charge in [0.2, 0.25) is 0 Å². The Kier molecular flexibility index (Phi) is 6.85. The molecule has 0 aromatic carbocycles. The molecule has 2 heterocycles. The SMILES string of the molecule is CCCCCCCCc1cccc(N2CCNCC2)n1. The van der Waals surface area contributed by atoms with E-state index in [1.54, 1.807) is 0 Å². The first-order chi connectivity index (χ1) is 9.90. The van der Waals surface area contributed by atoms with E-state index in [9.17, 15) is 0 Å². The molecule has 1 fully saturated rings. The Hall–Kier alpha value is -1.09. The number of hydrogen-bond acceptors (Lipinski definition) is 3. The molecule has 0 atom stereocenters. The van der Waals surface area contributed by atoms with Gasteiger partial charge in [-0.1, -0.05) is 45.1 Å². The first-order valence-electron chi connectivity index (χ1n) is 8.32. The Labute approximate surface area is 123 Å². The maximum atomic E-state index is 4.83. The van der Waals surface area contributed by atoms with E-state index in [1.807, 2.05) is 0 Å². The second-order valence-corrected chi connectivity index (χ2v) is 5.74. The second-order valence-electron chi connectivity index (χ2n) is 5.74. The first kappa shape index (κ1) is 15.3. The van der Waals surface area contributed by atoms with Crippen LogP contribution in [-0.2, 0) is 6.42 Å². The molecule has 0 aliphatic carbocycles. The minimum atomic E-state index is 1.07. The number of anilines is 1. The molecule has 1 aromatic rings. The molecule has 0 saturated carbocycles. The third kappa shape index (κ3) is 5.12. The third-order valence-electron chi connectivity index (χ3n) is 4.02. The monoisotopic (exact) mass is 275 g/mol. The Morgan fingerprint density at radius 2 is 1.80 bits per heavy atom. The second kappa shape index (κ2) is 8.96. The molecular formula is C17H29N3. The summed E-state index contributed by atoms with van der Waals surface area (Å²) in [5.41, 5.74) is 1.26. The van der Waals surface area contributed by atoms with Gasteiger partial charge in [-0.05, 0) is 25.0 Å². The molecule has 3 nitrogen and oxygen atoms in total. The minimum Gasteiger partial charge on any atom is -0.354 e. The van der Waals surface area contributed by atoms with E-state index < -0.39 is 0 Å². The van der Waals surface area contributed by atoms with Gasteiger partial charge in [0.1, 0.15) is 5.82 Å². The molecule has 1 aromatic heterocycles. The van der Waals surface area contributed by atoms with Crippen LogP contribution in [0.1, 0.15) is 51.1 Å². The van der Waals surface area contributed by atoms with Crippen molar-refractivity contribution < 1.29 is 0 Å². The average molecular weight is 275 g/mol.